The van der Waals surface area contributed by atoms with Crippen LogP contribution in [0.15, 0.2) is 41.7 Å². The van der Waals surface area contributed by atoms with Crippen LogP contribution in [-0.4, -0.2) is 53.1 Å². The highest BCUT2D eigenvalue weighted by Gasteiger charge is 2.22. The van der Waals surface area contributed by atoms with Crippen LogP contribution in [0.25, 0.3) is 10.9 Å². The molecule has 2 aromatic heterocycles. The number of aromatic nitrogens is 2. The van der Waals surface area contributed by atoms with Crippen LogP contribution in [0.1, 0.15) is 16.8 Å². The van der Waals surface area contributed by atoms with E-state index in [0.717, 1.165) is 28.2 Å². The Bertz CT molecular complexity index is 852. The monoisotopic (exact) mass is 358 g/mol. The van der Waals surface area contributed by atoms with Gasteiger partial charge in [0, 0.05) is 42.3 Å². The number of carbonyl (C=O) groups excluding carboxylic acids is 1. The average Bonchev–Trinajstić information content (AvgIpc) is 3.12. The van der Waals surface area contributed by atoms with Crippen LogP contribution in [0.3, 0.4) is 0 Å². The van der Waals surface area contributed by atoms with E-state index in [1.807, 2.05) is 29.3 Å². The maximum absolute atomic E-state index is 12.8. The van der Waals surface area contributed by atoms with Gasteiger partial charge in [-0.15, -0.1) is 0 Å². The number of nitrogens with one attached hydrogen (secondary N) is 2. The second-order valence-corrected chi connectivity index (χ2v) is 6.63. The normalized spacial score (nSPS) is 20.6. The molecule has 1 fully saturated rings. The number of hydrogen-bond donors (Lipinski definition) is 2. The van der Waals surface area contributed by atoms with Crippen molar-refractivity contribution < 1.29 is 9.53 Å². The number of ether oxygens (including phenoxy) is 1. The van der Waals surface area contributed by atoms with Gasteiger partial charge in [-0.2, -0.15) is 0 Å². The van der Waals surface area contributed by atoms with Crippen molar-refractivity contribution in [3.63, 3.8) is 0 Å². The third-order valence-corrected chi connectivity index (χ3v) is 4.76. The zero-order chi connectivity index (χ0) is 17.2. The Balaban J connectivity index is 1.61. The lowest BCUT2D eigenvalue weighted by atomic mass is 10.1. The van der Waals surface area contributed by atoms with E-state index in [0.29, 0.717) is 31.9 Å². The van der Waals surface area contributed by atoms with Crippen molar-refractivity contribution in [2.45, 2.75) is 12.5 Å². The maximum Gasteiger partial charge on any atom is 0.256 e. The fourth-order valence-corrected chi connectivity index (χ4v) is 3.42. The van der Waals surface area contributed by atoms with Crippen LogP contribution in [-0.2, 0) is 4.74 Å². The van der Waals surface area contributed by atoms with Crippen LogP contribution >= 0.6 is 11.6 Å². The SMILES string of the molecule is O=C(c1cnc(NC2C=CC=C(Cl)C2)c2[nH]ccc12)N1CCOCC1. The first-order chi connectivity index (χ1) is 12.2. The lowest BCUT2D eigenvalue weighted by Crippen LogP contribution is -2.40. The van der Waals surface area contributed by atoms with E-state index >= 15 is 0 Å². The quantitative estimate of drug-likeness (QED) is 0.885. The number of carbonyl (C=O) groups is 1. The number of morpholine rings is 1. The Morgan fingerprint density at radius 3 is 3.04 bits per heavy atom. The molecular formula is C18H19ClN4O2. The molecule has 1 unspecified atom stereocenters. The van der Waals surface area contributed by atoms with E-state index in [9.17, 15) is 4.79 Å². The highest BCUT2D eigenvalue weighted by Crippen LogP contribution is 2.27. The van der Waals surface area contributed by atoms with Gasteiger partial charge in [0.1, 0.15) is 0 Å². The van der Waals surface area contributed by atoms with E-state index in [1.54, 1.807) is 6.20 Å². The van der Waals surface area contributed by atoms with Gasteiger partial charge >= 0.3 is 0 Å². The number of fused-ring (bicyclic) bond motifs is 1. The molecule has 6 nitrogen and oxygen atoms in total. The van der Waals surface area contributed by atoms with Crippen LogP contribution in [0, 0.1) is 0 Å². The molecule has 3 heterocycles. The van der Waals surface area contributed by atoms with E-state index in [4.69, 9.17) is 16.3 Å². The molecule has 7 heteroatoms. The Morgan fingerprint density at radius 2 is 2.24 bits per heavy atom. The lowest BCUT2D eigenvalue weighted by molar-refractivity contribution is 0.0304. The van der Waals surface area contributed by atoms with Crippen molar-refractivity contribution in [2.75, 3.05) is 31.6 Å². The predicted octanol–water partition coefficient (Wildman–Crippen LogP) is 2.90. The Morgan fingerprint density at radius 1 is 1.40 bits per heavy atom. The summed E-state index contributed by atoms with van der Waals surface area (Å²) >= 11 is 6.11. The van der Waals surface area contributed by atoms with Gasteiger partial charge in [0.2, 0.25) is 0 Å². The van der Waals surface area contributed by atoms with Gasteiger partial charge in [-0.1, -0.05) is 23.8 Å². The second kappa shape index (κ2) is 6.90. The summed E-state index contributed by atoms with van der Waals surface area (Å²) < 4.78 is 5.32. The second-order valence-electron chi connectivity index (χ2n) is 6.14. The summed E-state index contributed by atoms with van der Waals surface area (Å²) in [4.78, 5) is 22.3. The van der Waals surface area contributed by atoms with E-state index in [2.05, 4.69) is 21.4 Å². The first-order valence-corrected chi connectivity index (χ1v) is 8.72. The third-order valence-electron chi connectivity index (χ3n) is 4.48. The molecule has 1 aliphatic heterocycles. The Labute approximate surface area is 150 Å². The Hall–Kier alpha value is -2.31. The topological polar surface area (TPSA) is 70.2 Å². The summed E-state index contributed by atoms with van der Waals surface area (Å²) in [6.45, 7) is 2.39. The van der Waals surface area contributed by atoms with Crippen molar-refractivity contribution in [2.24, 2.45) is 0 Å². The van der Waals surface area contributed by atoms with Gasteiger partial charge in [-0.05, 0) is 12.1 Å². The molecule has 0 radical (unpaired) electrons. The first kappa shape index (κ1) is 16.2. The number of halogens is 1. The van der Waals surface area contributed by atoms with Crippen molar-refractivity contribution in [1.82, 2.24) is 14.9 Å². The van der Waals surface area contributed by atoms with Gasteiger partial charge in [-0.25, -0.2) is 4.98 Å². The van der Waals surface area contributed by atoms with Crippen molar-refractivity contribution in [3.8, 4) is 0 Å². The van der Waals surface area contributed by atoms with E-state index in [-0.39, 0.29) is 11.9 Å². The van der Waals surface area contributed by atoms with Crippen LogP contribution in [0.5, 0.6) is 0 Å². The molecule has 130 valence electrons. The maximum atomic E-state index is 12.8. The largest absolute Gasteiger partial charge is 0.378 e. The minimum absolute atomic E-state index is 0.00418. The molecule has 2 aromatic rings. The van der Waals surface area contributed by atoms with Gasteiger partial charge in [0.05, 0.1) is 30.3 Å². The number of pyridine rings is 1. The molecule has 2 N–H and O–H groups in total. The first-order valence-electron chi connectivity index (χ1n) is 8.35. The average molecular weight is 359 g/mol. The summed E-state index contributed by atoms with van der Waals surface area (Å²) in [5.41, 5.74) is 1.44. The molecular weight excluding hydrogens is 340 g/mol. The smallest absolute Gasteiger partial charge is 0.256 e. The summed E-state index contributed by atoms with van der Waals surface area (Å²) in [7, 11) is 0. The molecule has 0 aromatic carbocycles. The Kier molecular flexibility index (Phi) is 4.46. The number of nitrogens with zero attached hydrogens (tertiary/aromatic N) is 2. The molecule has 1 atom stereocenters. The highest BCUT2D eigenvalue weighted by atomic mass is 35.5. The van der Waals surface area contributed by atoms with E-state index in [1.165, 1.54) is 0 Å². The fourth-order valence-electron chi connectivity index (χ4n) is 3.18. The molecule has 0 spiro atoms. The summed E-state index contributed by atoms with van der Waals surface area (Å²) in [5.74, 6) is 0.718. The van der Waals surface area contributed by atoms with Crippen molar-refractivity contribution in [1.29, 1.82) is 0 Å². The lowest BCUT2D eigenvalue weighted by Gasteiger charge is -2.27. The summed E-state index contributed by atoms with van der Waals surface area (Å²) in [6.07, 6.45) is 10.1. The number of allylic oxidation sites excluding steroid dienone is 2. The number of aromatic amines is 1. The number of H-pyrrole nitrogens is 1. The number of rotatable bonds is 3. The fraction of sp³-hybridized carbons (Fsp3) is 0.333. The number of amides is 1. The molecule has 0 bridgehead atoms. The molecule has 1 saturated heterocycles. The number of hydrogen-bond acceptors (Lipinski definition) is 4. The zero-order valence-corrected chi connectivity index (χ0v) is 14.4. The minimum atomic E-state index is -0.00418. The molecule has 0 saturated carbocycles. The number of anilines is 1. The van der Waals surface area contributed by atoms with E-state index < -0.39 is 0 Å². The summed E-state index contributed by atoms with van der Waals surface area (Å²) in [5, 5.41) is 5.06. The van der Waals surface area contributed by atoms with Gasteiger partial charge in [0.15, 0.2) is 5.82 Å². The molecule has 2 aliphatic rings. The van der Waals surface area contributed by atoms with Crippen molar-refractivity contribution >= 4 is 34.2 Å². The van der Waals surface area contributed by atoms with Gasteiger partial charge < -0.3 is 19.9 Å². The minimum Gasteiger partial charge on any atom is -0.378 e. The van der Waals surface area contributed by atoms with Gasteiger partial charge in [-0.3, -0.25) is 4.79 Å². The summed E-state index contributed by atoms with van der Waals surface area (Å²) in [6, 6.07) is 2.00. The third kappa shape index (κ3) is 3.27. The van der Waals surface area contributed by atoms with Gasteiger partial charge in [0.25, 0.3) is 5.91 Å². The zero-order valence-electron chi connectivity index (χ0n) is 13.7. The van der Waals surface area contributed by atoms with Crippen LogP contribution < -0.4 is 5.32 Å². The highest BCUT2D eigenvalue weighted by molar-refractivity contribution is 6.29. The van der Waals surface area contributed by atoms with Crippen LogP contribution in [0.2, 0.25) is 0 Å². The van der Waals surface area contributed by atoms with Crippen LogP contribution in [0.4, 0.5) is 5.82 Å². The standard InChI is InChI=1S/C18H19ClN4O2/c19-12-2-1-3-13(10-12)22-17-16-14(4-5-20-16)15(11-21-17)18(24)23-6-8-25-9-7-23/h1-5,11,13,20H,6-10H2,(H,21,22). The molecule has 1 amide bonds. The molecule has 1 aliphatic carbocycles. The molecule has 25 heavy (non-hydrogen) atoms. The predicted molar refractivity (Wildman–Crippen MR) is 97.9 cm³/mol. The molecule has 4 rings (SSSR count). The van der Waals surface area contributed by atoms with Crippen molar-refractivity contribution in [3.05, 3.63) is 47.3 Å².